The van der Waals surface area contributed by atoms with Crippen LogP contribution in [0.25, 0.3) is 17.0 Å². The van der Waals surface area contributed by atoms with Crippen molar-refractivity contribution in [2.24, 2.45) is 0 Å². The first kappa shape index (κ1) is 15.7. The first-order chi connectivity index (χ1) is 10.7. The van der Waals surface area contributed by atoms with Gasteiger partial charge in [0, 0.05) is 5.56 Å². The Balaban J connectivity index is 2.30. The van der Waals surface area contributed by atoms with E-state index in [4.69, 9.17) is 11.6 Å². The fourth-order valence-corrected chi connectivity index (χ4v) is 2.64. The summed E-state index contributed by atoms with van der Waals surface area (Å²) in [6.45, 7) is 5.82. The average molecular weight is 341 g/mol. The molecule has 0 fully saturated rings. The lowest BCUT2D eigenvalue weighted by atomic mass is 9.88. The van der Waals surface area contributed by atoms with Crippen molar-refractivity contribution in [2.75, 3.05) is 0 Å². The highest BCUT2D eigenvalue weighted by Crippen LogP contribution is 2.31. The van der Waals surface area contributed by atoms with Gasteiger partial charge in [0.15, 0.2) is 28.3 Å². The minimum atomic E-state index is -1.35. The quantitative estimate of drug-likeness (QED) is 0.625. The lowest BCUT2D eigenvalue weighted by Gasteiger charge is -2.19. The number of aromatic nitrogens is 4. The summed E-state index contributed by atoms with van der Waals surface area (Å²) in [6.07, 6.45) is 0. The summed E-state index contributed by atoms with van der Waals surface area (Å²) < 4.78 is 42.4. The van der Waals surface area contributed by atoms with Crippen molar-refractivity contribution in [3.63, 3.8) is 0 Å². The van der Waals surface area contributed by atoms with E-state index in [-0.39, 0.29) is 22.0 Å². The Kier molecular flexibility index (Phi) is 3.55. The number of fused-ring (bicyclic) bond motifs is 1. The van der Waals surface area contributed by atoms with Gasteiger partial charge in [0.05, 0.1) is 5.56 Å². The zero-order valence-corrected chi connectivity index (χ0v) is 13.3. The monoisotopic (exact) mass is 340 g/mol. The van der Waals surface area contributed by atoms with Crippen molar-refractivity contribution < 1.29 is 13.2 Å². The summed E-state index contributed by atoms with van der Waals surface area (Å²) in [5.41, 5.74) is 0.0422. The molecular formula is C15H12ClF3N4. The van der Waals surface area contributed by atoms with Crippen LogP contribution in [0.4, 0.5) is 13.2 Å². The second-order valence-electron chi connectivity index (χ2n) is 6.11. The molecule has 2 aromatic heterocycles. The lowest BCUT2D eigenvalue weighted by molar-refractivity contribution is 0.497. The molecule has 0 saturated heterocycles. The molecule has 0 aliphatic heterocycles. The molecule has 2 heterocycles. The van der Waals surface area contributed by atoms with Gasteiger partial charge >= 0.3 is 0 Å². The molecule has 4 nitrogen and oxygen atoms in total. The highest BCUT2D eigenvalue weighted by molar-refractivity contribution is 6.30. The van der Waals surface area contributed by atoms with E-state index in [0.717, 1.165) is 10.6 Å². The number of nitrogens with zero attached hydrogens (tertiary/aromatic N) is 4. The molecule has 0 N–H and O–H groups in total. The number of hydrogen-bond donors (Lipinski definition) is 0. The van der Waals surface area contributed by atoms with Crippen LogP contribution in [0, 0.1) is 17.5 Å². The molecule has 0 bridgehead atoms. The van der Waals surface area contributed by atoms with Crippen LogP contribution in [0.1, 0.15) is 26.3 Å². The van der Waals surface area contributed by atoms with Crippen LogP contribution in [-0.2, 0) is 5.41 Å². The summed E-state index contributed by atoms with van der Waals surface area (Å²) in [5.74, 6) is -3.75. The van der Waals surface area contributed by atoms with Gasteiger partial charge in [-0.2, -0.15) is 9.61 Å². The van der Waals surface area contributed by atoms with Crippen molar-refractivity contribution in [3.05, 3.63) is 46.4 Å². The van der Waals surface area contributed by atoms with Gasteiger partial charge in [-0.05, 0) is 23.6 Å². The number of benzene rings is 1. The maximum atomic E-state index is 14.0. The standard InChI is InChI=1S/C15H12ClF3N4/c1-15(2,3)7-6-10-20-21-14(23(10)22-13(7)16)11-8(17)4-5-9(18)12(11)19/h4-6H,1-3H3. The molecule has 8 heteroatoms. The van der Waals surface area contributed by atoms with E-state index in [1.807, 2.05) is 20.8 Å². The van der Waals surface area contributed by atoms with Crippen LogP contribution in [0.2, 0.25) is 5.15 Å². The van der Waals surface area contributed by atoms with Gasteiger partial charge in [-0.1, -0.05) is 32.4 Å². The molecule has 23 heavy (non-hydrogen) atoms. The maximum Gasteiger partial charge on any atom is 0.191 e. The maximum absolute atomic E-state index is 14.0. The Morgan fingerprint density at radius 2 is 1.70 bits per heavy atom. The van der Waals surface area contributed by atoms with Gasteiger partial charge < -0.3 is 0 Å². The number of halogens is 4. The summed E-state index contributed by atoms with van der Waals surface area (Å²) in [5, 5.41) is 11.8. The summed E-state index contributed by atoms with van der Waals surface area (Å²) in [4.78, 5) is 0. The number of hydrogen-bond acceptors (Lipinski definition) is 3. The Bertz CT molecular complexity index is 915. The summed E-state index contributed by atoms with van der Waals surface area (Å²) in [7, 11) is 0. The van der Waals surface area contributed by atoms with Gasteiger partial charge in [0.2, 0.25) is 0 Å². The lowest BCUT2D eigenvalue weighted by Crippen LogP contribution is -2.14. The predicted molar refractivity (Wildman–Crippen MR) is 79.8 cm³/mol. The molecular weight excluding hydrogens is 329 g/mol. The normalized spacial score (nSPS) is 12.1. The topological polar surface area (TPSA) is 43.1 Å². The van der Waals surface area contributed by atoms with Gasteiger partial charge in [-0.3, -0.25) is 0 Å². The zero-order valence-electron chi connectivity index (χ0n) is 12.5. The van der Waals surface area contributed by atoms with E-state index in [2.05, 4.69) is 15.3 Å². The van der Waals surface area contributed by atoms with E-state index >= 15 is 0 Å². The van der Waals surface area contributed by atoms with Gasteiger partial charge in [-0.15, -0.1) is 10.2 Å². The Morgan fingerprint density at radius 1 is 1.04 bits per heavy atom. The zero-order chi connectivity index (χ0) is 16.9. The Morgan fingerprint density at radius 3 is 2.35 bits per heavy atom. The van der Waals surface area contributed by atoms with Crippen LogP contribution < -0.4 is 0 Å². The summed E-state index contributed by atoms with van der Waals surface area (Å²) >= 11 is 6.17. The number of rotatable bonds is 1. The van der Waals surface area contributed by atoms with Crippen molar-refractivity contribution in [2.45, 2.75) is 26.2 Å². The van der Waals surface area contributed by atoms with Crippen LogP contribution in [0.3, 0.4) is 0 Å². The molecule has 0 radical (unpaired) electrons. The van der Waals surface area contributed by atoms with Gasteiger partial charge in [0.25, 0.3) is 0 Å². The molecule has 3 aromatic rings. The minimum Gasteiger partial charge on any atom is -0.206 e. The smallest absolute Gasteiger partial charge is 0.191 e. The molecule has 0 atom stereocenters. The van der Waals surface area contributed by atoms with Crippen molar-refractivity contribution in [3.8, 4) is 11.4 Å². The van der Waals surface area contributed by atoms with E-state index in [0.29, 0.717) is 11.6 Å². The van der Waals surface area contributed by atoms with Crippen LogP contribution in [0.15, 0.2) is 18.2 Å². The second-order valence-corrected chi connectivity index (χ2v) is 6.47. The first-order valence-electron chi connectivity index (χ1n) is 6.76. The summed E-state index contributed by atoms with van der Waals surface area (Å²) in [6, 6.07) is 3.16. The fourth-order valence-electron chi connectivity index (χ4n) is 2.22. The van der Waals surface area contributed by atoms with E-state index in [1.165, 1.54) is 0 Å². The third-order valence-corrected chi connectivity index (χ3v) is 3.70. The molecule has 3 rings (SSSR count). The van der Waals surface area contributed by atoms with Gasteiger partial charge in [0.1, 0.15) is 5.82 Å². The molecule has 0 spiro atoms. The first-order valence-corrected chi connectivity index (χ1v) is 7.14. The largest absolute Gasteiger partial charge is 0.206 e. The Labute approximate surface area is 134 Å². The van der Waals surface area contributed by atoms with E-state index in [1.54, 1.807) is 6.07 Å². The van der Waals surface area contributed by atoms with Crippen LogP contribution in [-0.4, -0.2) is 19.8 Å². The van der Waals surface area contributed by atoms with Crippen LogP contribution >= 0.6 is 11.6 Å². The molecule has 120 valence electrons. The molecule has 0 unspecified atom stereocenters. The third kappa shape index (κ3) is 2.55. The van der Waals surface area contributed by atoms with E-state index in [9.17, 15) is 13.2 Å². The second kappa shape index (κ2) is 5.19. The van der Waals surface area contributed by atoms with Gasteiger partial charge in [-0.25, -0.2) is 13.2 Å². The van der Waals surface area contributed by atoms with Crippen molar-refractivity contribution in [1.82, 2.24) is 19.8 Å². The highest BCUT2D eigenvalue weighted by Gasteiger charge is 2.24. The Hall–Kier alpha value is -2.15. The highest BCUT2D eigenvalue weighted by atomic mass is 35.5. The van der Waals surface area contributed by atoms with Crippen molar-refractivity contribution >= 4 is 17.2 Å². The van der Waals surface area contributed by atoms with Crippen molar-refractivity contribution in [1.29, 1.82) is 0 Å². The predicted octanol–water partition coefficient (Wildman–Crippen LogP) is 4.16. The fraction of sp³-hybridized carbons (Fsp3) is 0.267. The molecule has 0 aliphatic rings. The van der Waals surface area contributed by atoms with E-state index < -0.39 is 23.0 Å². The van der Waals surface area contributed by atoms with Crippen LogP contribution in [0.5, 0.6) is 0 Å². The molecule has 0 saturated carbocycles. The molecule has 0 amide bonds. The molecule has 0 aliphatic carbocycles. The molecule has 1 aromatic carbocycles. The average Bonchev–Trinajstić information content (AvgIpc) is 2.84. The third-order valence-electron chi connectivity index (χ3n) is 3.42. The minimum absolute atomic E-state index is 0.156. The SMILES string of the molecule is CC(C)(C)c1cc2nnc(-c3c(F)ccc(F)c3F)n2nc1Cl.